The van der Waals surface area contributed by atoms with Gasteiger partial charge >= 0.3 is 0 Å². The number of para-hydroxylation sites is 4. The zero-order valence-electron chi connectivity index (χ0n) is 36.4. The number of hydrogen-bond donors (Lipinski definition) is 2. The van der Waals surface area contributed by atoms with Gasteiger partial charge in [-0.25, -0.2) is 0 Å². The number of rotatable bonds is 8. The highest BCUT2D eigenvalue weighted by molar-refractivity contribution is 5.97. The maximum absolute atomic E-state index is 12.4. The van der Waals surface area contributed by atoms with Crippen LogP contribution in [0.1, 0.15) is 60.1 Å². The van der Waals surface area contributed by atoms with E-state index in [2.05, 4.69) is 103 Å². The molecule has 0 amide bonds. The zero-order valence-corrected chi connectivity index (χ0v) is 36.4. The van der Waals surface area contributed by atoms with Crippen molar-refractivity contribution < 1.29 is 19.7 Å². The fourth-order valence-electron chi connectivity index (χ4n) is 9.69. The largest absolute Gasteiger partial charge is 0.505 e. The molecule has 2 aliphatic carbocycles. The van der Waals surface area contributed by atoms with Crippen molar-refractivity contribution in [2.45, 2.75) is 58.2 Å². The standard InChI is InChI=1S/C58H52N2O4/c1-38-34-46(57(61)51(36-38)59-33-19-5-6-20-40(3)41-21-9-13-26-48(41)59)44-24-11-15-29-53(44)63-55-31-17-18-32-56(55)64-54-30-16-12-25-45(54)47-35-39(2)37-52(58(47)62)60-49-27-8-4-7-22-42(49)43-23-10-14-28-50(43)60/h5-16,19-30,34-37,55-56,61-62H,3-4,17-18,31-33H2,1-2H3/b19-5-,20-6-/t55-,56?/m1/s1. The monoisotopic (exact) mass is 840 g/mol. The fourth-order valence-corrected chi connectivity index (χ4v) is 9.69. The second kappa shape index (κ2) is 17.4. The molecule has 10 rings (SSSR count). The number of phenols is 2. The number of aromatic nitrogens is 1. The molecule has 1 aromatic heterocycles. The van der Waals surface area contributed by atoms with E-state index in [0.717, 1.165) is 99.0 Å². The van der Waals surface area contributed by atoms with Crippen molar-refractivity contribution in [3.8, 4) is 50.9 Å². The molecule has 0 bridgehead atoms. The molecule has 2 atom stereocenters. The summed E-state index contributed by atoms with van der Waals surface area (Å²) in [6.07, 6.45) is 20.9. The van der Waals surface area contributed by atoms with E-state index >= 15 is 0 Å². The molecular formula is C58H52N2O4. The minimum absolute atomic E-state index is 0.182. The number of aromatic hydroxyl groups is 2. The van der Waals surface area contributed by atoms with Gasteiger partial charge in [-0.15, -0.1) is 0 Å². The molecular weight excluding hydrogens is 789 g/mol. The van der Waals surface area contributed by atoms with Gasteiger partial charge in [0.2, 0.25) is 0 Å². The lowest BCUT2D eigenvalue weighted by Gasteiger charge is -2.33. The van der Waals surface area contributed by atoms with Crippen molar-refractivity contribution in [3.05, 3.63) is 192 Å². The normalized spacial score (nSPS) is 18.0. The summed E-state index contributed by atoms with van der Waals surface area (Å²) >= 11 is 0. The van der Waals surface area contributed by atoms with Crippen LogP contribution in [0.25, 0.3) is 56.6 Å². The molecule has 6 nitrogen and oxygen atoms in total. The van der Waals surface area contributed by atoms with Crippen LogP contribution in [0.15, 0.2) is 164 Å². The van der Waals surface area contributed by atoms with E-state index in [-0.39, 0.29) is 23.7 Å². The smallest absolute Gasteiger partial charge is 0.147 e. The first kappa shape index (κ1) is 40.6. The van der Waals surface area contributed by atoms with Gasteiger partial charge in [-0.1, -0.05) is 122 Å². The summed E-state index contributed by atoms with van der Waals surface area (Å²) in [6, 6.07) is 40.8. The van der Waals surface area contributed by atoms with E-state index in [1.165, 1.54) is 0 Å². The molecule has 0 radical (unpaired) electrons. The number of aryl methyl sites for hydroxylation is 2. The molecule has 6 aromatic carbocycles. The highest BCUT2D eigenvalue weighted by Crippen LogP contribution is 2.47. The maximum atomic E-state index is 12.4. The van der Waals surface area contributed by atoms with Gasteiger partial charge in [-0.2, -0.15) is 0 Å². The fraction of sp³-hybridized carbons (Fsp3) is 0.172. The summed E-state index contributed by atoms with van der Waals surface area (Å²) < 4.78 is 16.3. The molecule has 2 N–H and O–H groups in total. The van der Waals surface area contributed by atoms with Crippen LogP contribution in [-0.4, -0.2) is 33.5 Å². The second-order valence-electron chi connectivity index (χ2n) is 17.1. The first-order chi connectivity index (χ1) is 31.3. The number of phenolic OH excluding ortho intramolecular Hbond substituents is 2. The number of allylic oxidation sites excluding steroid dienone is 6. The van der Waals surface area contributed by atoms with Gasteiger partial charge in [-0.05, 0) is 117 Å². The Balaban J connectivity index is 0.986. The lowest BCUT2D eigenvalue weighted by atomic mass is 9.93. The number of anilines is 2. The minimum Gasteiger partial charge on any atom is -0.505 e. The van der Waals surface area contributed by atoms with E-state index in [1.807, 2.05) is 97.1 Å². The maximum Gasteiger partial charge on any atom is 0.147 e. The van der Waals surface area contributed by atoms with Crippen molar-refractivity contribution in [2.24, 2.45) is 0 Å². The van der Waals surface area contributed by atoms with E-state index in [1.54, 1.807) is 0 Å². The number of benzene rings is 6. The first-order valence-electron chi connectivity index (χ1n) is 22.4. The molecule has 0 saturated heterocycles. The van der Waals surface area contributed by atoms with Crippen molar-refractivity contribution >= 4 is 40.0 Å². The molecule has 1 aliphatic heterocycles. The molecule has 64 heavy (non-hydrogen) atoms. The number of hydrogen-bond acceptors (Lipinski definition) is 5. The summed E-state index contributed by atoms with van der Waals surface area (Å²) in [7, 11) is 0. The van der Waals surface area contributed by atoms with Crippen molar-refractivity contribution in [2.75, 3.05) is 11.4 Å². The Kier molecular flexibility index (Phi) is 11.0. The molecule has 2 heterocycles. The van der Waals surface area contributed by atoms with Crippen LogP contribution in [0.5, 0.6) is 23.0 Å². The van der Waals surface area contributed by atoms with E-state index in [4.69, 9.17) is 9.47 Å². The van der Waals surface area contributed by atoms with Crippen molar-refractivity contribution in [1.29, 1.82) is 0 Å². The van der Waals surface area contributed by atoms with E-state index < -0.39 is 0 Å². The molecule has 7 aromatic rings. The van der Waals surface area contributed by atoms with Gasteiger partial charge in [0, 0.05) is 51.0 Å². The SMILES string of the molecule is C=C1/C=C\C=C/CN(c2cc(C)cc(-c3ccccc3O[C@@H]3CCCCC3Oc3ccccc3-c3cc(C)cc(-n4c5c(c6ccccc64)C=CCC=C5)c3O)c2O)c2ccccc21. The number of fused-ring (bicyclic) bond motifs is 4. The lowest BCUT2D eigenvalue weighted by molar-refractivity contribution is 0.0238. The van der Waals surface area contributed by atoms with Crippen LogP contribution in [0.2, 0.25) is 0 Å². The number of nitrogens with zero attached hydrogens (tertiary/aromatic N) is 2. The van der Waals surface area contributed by atoms with Crippen molar-refractivity contribution in [1.82, 2.24) is 4.57 Å². The summed E-state index contributed by atoms with van der Waals surface area (Å²) in [5, 5.41) is 25.8. The Morgan fingerprint density at radius 1 is 0.562 bits per heavy atom. The Bertz CT molecular complexity index is 3050. The average molecular weight is 841 g/mol. The van der Waals surface area contributed by atoms with Crippen LogP contribution in [0.4, 0.5) is 11.4 Å². The quantitative estimate of drug-likeness (QED) is 0.160. The highest BCUT2D eigenvalue weighted by Gasteiger charge is 2.31. The summed E-state index contributed by atoms with van der Waals surface area (Å²) in [4.78, 5) is 2.15. The van der Waals surface area contributed by atoms with Gasteiger partial charge in [0.05, 0.1) is 22.6 Å². The topological polar surface area (TPSA) is 67.1 Å². The predicted molar refractivity (Wildman–Crippen MR) is 264 cm³/mol. The Morgan fingerprint density at radius 3 is 1.84 bits per heavy atom. The lowest BCUT2D eigenvalue weighted by Crippen LogP contribution is -2.39. The summed E-state index contributed by atoms with van der Waals surface area (Å²) in [5.74, 6) is 1.76. The average Bonchev–Trinajstić information content (AvgIpc) is 3.46. The summed E-state index contributed by atoms with van der Waals surface area (Å²) in [6.45, 7) is 9.05. The third kappa shape index (κ3) is 7.59. The van der Waals surface area contributed by atoms with Gasteiger partial charge in [-0.3, -0.25) is 0 Å². The van der Waals surface area contributed by atoms with Gasteiger partial charge in [0.1, 0.15) is 35.2 Å². The molecule has 6 heteroatoms. The first-order valence-corrected chi connectivity index (χ1v) is 22.4. The van der Waals surface area contributed by atoms with E-state index in [0.29, 0.717) is 34.9 Å². The molecule has 0 spiro atoms. The van der Waals surface area contributed by atoms with Crippen LogP contribution in [0, 0.1) is 13.8 Å². The third-order valence-electron chi connectivity index (χ3n) is 12.7. The molecule has 1 unspecified atom stereocenters. The Morgan fingerprint density at radius 2 is 1.14 bits per heavy atom. The molecule has 1 fully saturated rings. The minimum atomic E-state index is -0.258. The van der Waals surface area contributed by atoms with Crippen LogP contribution in [0.3, 0.4) is 0 Å². The summed E-state index contributed by atoms with van der Waals surface area (Å²) in [5.41, 5.74) is 12.6. The molecule has 1 saturated carbocycles. The Hall–Kier alpha value is -7.44. The van der Waals surface area contributed by atoms with Crippen LogP contribution < -0.4 is 14.4 Å². The highest BCUT2D eigenvalue weighted by atomic mass is 16.5. The zero-order chi connectivity index (χ0) is 43.7. The number of ether oxygens (including phenoxy) is 2. The molecule has 318 valence electrons. The van der Waals surface area contributed by atoms with Crippen LogP contribution in [-0.2, 0) is 0 Å². The van der Waals surface area contributed by atoms with Crippen molar-refractivity contribution in [3.63, 3.8) is 0 Å². The molecule has 3 aliphatic rings. The van der Waals surface area contributed by atoms with Gasteiger partial charge in [0.15, 0.2) is 0 Å². The Labute approximate surface area is 375 Å². The van der Waals surface area contributed by atoms with Gasteiger partial charge < -0.3 is 29.2 Å². The van der Waals surface area contributed by atoms with E-state index in [9.17, 15) is 10.2 Å². The van der Waals surface area contributed by atoms with Gasteiger partial charge in [0.25, 0.3) is 0 Å². The second-order valence-corrected chi connectivity index (χ2v) is 17.1. The predicted octanol–water partition coefficient (Wildman–Crippen LogP) is 14.5. The third-order valence-corrected chi connectivity index (χ3v) is 12.7. The van der Waals surface area contributed by atoms with Crippen LogP contribution >= 0.6 is 0 Å².